The monoisotopic (exact) mass is 342 g/mol. The van der Waals surface area contributed by atoms with Gasteiger partial charge in [0, 0.05) is 18.7 Å². The summed E-state index contributed by atoms with van der Waals surface area (Å²) >= 11 is 3.42. The minimum Gasteiger partial charge on any atom is -0.496 e. The summed E-state index contributed by atoms with van der Waals surface area (Å²) in [6.45, 7) is 4.48. The molecule has 1 amide bonds. The van der Waals surface area contributed by atoms with Gasteiger partial charge >= 0.3 is 0 Å². The van der Waals surface area contributed by atoms with Gasteiger partial charge in [0.05, 0.1) is 11.6 Å². The van der Waals surface area contributed by atoms with Gasteiger partial charge in [-0.3, -0.25) is 4.79 Å². The maximum absolute atomic E-state index is 12.5. The van der Waals surface area contributed by atoms with Gasteiger partial charge in [-0.1, -0.05) is 0 Å². The average Bonchev–Trinajstić information content (AvgIpc) is 2.42. The van der Waals surface area contributed by atoms with E-state index in [1.165, 1.54) is 0 Å². The second-order valence-corrected chi connectivity index (χ2v) is 5.75. The van der Waals surface area contributed by atoms with Crippen molar-refractivity contribution in [3.05, 3.63) is 28.2 Å². The zero-order valence-corrected chi connectivity index (χ0v) is 14.2. The Morgan fingerprint density at radius 1 is 1.30 bits per heavy atom. The number of amides is 1. The topological polar surface area (TPSA) is 32.8 Å². The molecule has 4 nitrogen and oxygen atoms in total. The number of benzene rings is 1. The summed E-state index contributed by atoms with van der Waals surface area (Å²) in [5.74, 6) is 0.798. The molecule has 0 N–H and O–H groups in total. The van der Waals surface area contributed by atoms with Crippen LogP contribution in [0.25, 0.3) is 0 Å². The van der Waals surface area contributed by atoms with Crippen LogP contribution in [0.1, 0.15) is 23.7 Å². The summed E-state index contributed by atoms with van der Waals surface area (Å²) in [5.41, 5.74) is 0.685. The van der Waals surface area contributed by atoms with Crippen LogP contribution in [0.2, 0.25) is 0 Å². The van der Waals surface area contributed by atoms with Gasteiger partial charge in [0.1, 0.15) is 5.75 Å². The maximum atomic E-state index is 12.5. The van der Waals surface area contributed by atoms with Gasteiger partial charge in [-0.2, -0.15) is 0 Å². The van der Waals surface area contributed by atoms with Gasteiger partial charge in [-0.25, -0.2) is 0 Å². The van der Waals surface area contributed by atoms with Crippen LogP contribution in [0.4, 0.5) is 0 Å². The van der Waals surface area contributed by atoms with Crippen molar-refractivity contribution in [3.63, 3.8) is 0 Å². The number of halogens is 1. The van der Waals surface area contributed by atoms with Crippen LogP contribution in [-0.2, 0) is 0 Å². The summed E-state index contributed by atoms with van der Waals surface area (Å²) < 4.78 is 5.98. The van der Waals surface area contributed by atoms with Gasteiger partial charge < -0.3 is 14.5 Å². The molecule has 0 radical (unpaired) electrons. The highest BCUT2D eigenvalue weighted by Crippen LogP contribution is 2.26. The van der Waals surface area contributed by atoms with E-state index in [9.17, 15) is 4.79 Å². The summed E-state index contributed by atoms with van der Waals surface area (Å²) in [7, 11) is 5.69. The van der Waals surface area contributed by atoms with Crippen molar-refractivity contribution in [1.29, 1.82) is 0 Å². The minimum atomic E-state index is 0.0645. The normalized spacial score (nSPS) is 10.7. The molecule has 0 saturated heterocycles. The van der Waals surface area contributed by atoms with Gasteiger partial charge in [-0.15, -0.1) is 0 Å². The zero-order valence-electron chi connectivity index (χ0n) is 12.6. The summed E-state index contributed by atoms with van der Waals surface area (Å²) in [5, 5.41) is 0. The SMILES string of the molecule is CCN(CCCN(C)C)C(=O)c1ccc(OC)c(Br)c1. The summed E-state index contributed by atoms with van der Waals surface area (Å²) in [6.07, 6.45) is 0.976. The lowest BCUT2D eigenvalue weighted by molar-refractivity contribution is 0.0759. The predicted octanol–water partition coefficient (Wildman–Crippen LogP) is 2.87. The third kappa shape index (κ3) is 4.80. The highest BCUT2D eigenvalue weighted by atomic mass is 79.9. The molecule has 0 bridgehead atoms. The highest BCUT2D eigenvalue weighted by Gasteiger charge is 2.15. The van der Waals surface area contributed by atoms with Gasteiger partial charge in [-0.05, 0) is 68.1 Å². The number of carbonyl (C=O) groups excluding carboxylic acids is 1. The number of nitrogens with zero attached hydrogens (tertiary/aromatic N) is 2. The summed E-state index contributed by atoms with van der Waals surface area (Å²) in [6, 6.07) is 5.43. The second kappa shape index (κ2) is 8.27. The predicted molar refractivity (Wildman–Crippen MR) is 85.4 cm³/mol. The van der Waals surface area contributed by atoms with E-state index in [1.807, 2.05) is 38.1 Å². The molecule has 1 aromatic carbocycles. The molecule has 5 heteroatoms. The van der Waals surface area contributed by atoms with E-state index in [1.54, 1.807) is 13.2 Å². The number of rotatable bonds is 7. The molecule has 112 valence electrons. The molecule has 1 aromatic rings. The van der Waals surface area contributed by atoms with Crippen molar-refractivity contribution in [1.82, 2.24) is 9.80 Å². The lowest BCUT2D eigenvalue weighted by Crippen LogP contribution is -2.33. The fourth-order valence-corrected chi connectivity index (χ4v) is 2.50. The Morgan fingerprint density at radius 3 is 2.50 bits per heavy atom. The molecule has 0 spiro atoms. The third-order valence-electron chi connectivity index (χ3n) is 3.10. The van der Waals surface area contributed by atoms with Crippen molar-refractivity contribution in [2.45, 2.75) is 13.3 Å². The third-order valence-corrected chi connectivity index (χ3v) is 3.72. The Morgan fingerprint density at radius 2 is 2.00 bits per heavy atom. The van der Waals surface area contributed by atoms with Crippen LogP contribution >= 0.6 is 15.9 Å². The fourth-order valence-electron chi connectivity index (χ4n) is 1.96. The molecule has 0 aromatic heterocycles. The number of hydrogen-bond acceptors (Lipinski definition) is 3. The van der Waals surface area contributed by atoms with Crippen LogP contribution in [0.3, 0.4) is 0 Å². The van der Waals surface area contributed by atoms with Crippen molar-refractivity contribution in [2.75, 3.05) is 40.8 Å². The van der Waals surface area contributed by atoms with E-state index in [4.69, 9.17) is 4.74 Å². The molecule has 0 fully saturated rings. The van der Waals surface area contributed by atoms with E-state index in [0.717, 1.165) is 36.3 Å². The van der Waals surface area contributed by atoms with Gasteiger partial charge in [0.2, 0.25) is 0 Å². The maximum Gasteiger partial charge on any atom is 0.253 e. The molecular weight excluding hydrogens is 320 g/mol. The number of ether oxygens (including phenoxy) is 1. The zero-order chi connectivity index (χ0) is 15.1. The molecule has 0 saturated carbocycles. The molecule has 20 heavy (non-hydrogen) atoms. The summed E-state index contributed by atoms with van der Waals surface area (Å²) in [4.78, 5) is 16.5. The van der Waals surface area contributed by atoms with Crippen LogP contribution in [-0.4, -0.2) is 56.5 Å². The van der Waals surface area contributed by atoms with Crippen molar-refractivity contribution >= 4 is 21.8 Å². The largest absolute Gasteiger partial charge is 0.496 e. The highest BCUT2D eigenvalue weighted by molar-refractivity contribution is 9.10. The standard InChI is InChI=1S/C15H23BrN2O2/c1-5-18(10-6-9-17(2)3)15(19)12-7-8-14(20-4)13(16)11-12/h7-8,11H,5-6,9-10H2,1-4H3. The molecular formula is C15H23BrN2O2. The van der Waals surface area contributed by atoms with E-state index in [0.29, 0.717) is 5.56 Å². The molecule has 0 aliphatic heterocycles. The van der Waals surface area contributed by atoms with E-state index in [2.05, 4.69) is 20.8 Å². The first-order chi connectivity index (χ1) is 9.49. The Hall–Kier alpha value is -1.07. The Balaban J connectivity index is 2.72. The Labute approximate surface area is 129 Å². The van der Waals surface area contributed by atoms with Crippen molar-refractivity contribution in [2.24, 2.45) is 0 Å². The first-order valence-electron chi connectivity index (χ1n) is 6.77. The minimum absolute atomic E-state index is 0.0645. The Kier molecular flexibility index (Phi) is 7.02. The molecule has 0 aliphatic carbocycles. The Bertz CT molecular complexity index is 449. The molecule has 0 unspecified atom stereocenters. The van der Waals surface area contributed by atoms with Crippen molar-refractivity contribution in [3.8, 4) is 5.75 Å². The second-order valence-electron chi connectivity index (χ2n) is 4.89. The van der Waals surface area contributed by atoms with Gasteiger partial charge in [0.15, 0.2) is 0 Å². The average molecular weight is 343 g/mol. The van der Waals surface area contributed by atoms with Crippen molar-refractivity contribution < 1.29 is 9.53 Å². The number of carbonyl (C=O) groups is 1. The molecule has 1 rings (SSSR count). The fraction of sp³-hybridized carbons (Fsp3) is 0.533. The van der Waals surface area contributed by atoms with Crippen LogP contribution in [0, 0.1) is 0 Å². The van der Waals surface area contributed by atoms with Crippen LogP contribution < -0.4 is 4.74 Å². The number of hydrogen-bond donors (Lipinski definition) is 0. The smallest absolute Gasteiger partial charge is 0.253 e. The van der Waals surface area contributed by atoms with E-state index in [-0.39, 0.29) is 5.91 Å². The van der Waals surface area contributed by atoms with Gasteiger partial charge in [0.25, 0.3) is 5.91 Å². The quantitative estimate of drug-likeness (QED) is 0.763. The van der Waals surface area contributed by atoms with E-state index >= 15 is 0 Å². The molecule has 0 atom stereocenters. The molecule has 0 aliphatic rings. The lowest BCUT2D eigenvalue weighted by Gasteiger charge is -2.22. The molecule has 0 heterocycles. The van der Waals surface area contributed by atoms with Crippen LogP contribution in [0.5, 0.6) is 5.75 Å². The van der Waals surface area contributed by atoms with E-state index < -0.39 is 0 Å². The van der Waals surface area contributed by atoms with Crippen LogP contribution in [0.15, 0.2) is 22.7 Å². The first kappa shape index (κ1) is 17.0. The first-order valence-corrected chi connectivity index (χ1v) is 7.56. The lowest BCUT2D eigenvalue weighted by atomic mass is 10.2. The number of methoxy groups -OCH3 is 1.